The molecule has 0 amide bonds. The molecule has 0 atom stereocenters. The van der Waals surface area contributed by atoms with Crippen LogP contribution in [-0.4, -0.2) is 25.3 Å². The van der Waals surface area contributed by atoms with Crippen molar-refractivity contribution in [3.8, 4) is 0 Å². The topological polar surface area (TPSA) is 12.5 Å². The molecule has 0 aromatic carbocycles. The summed E-state index contributed by atoms with van der Waals surface area (Å²) in [6.45, 7) is 4.26. The highest BCUT2D eigenvalue weighted by atomic mass is 16.7. The number of hydroxylamine groups is 2. The van der Waals surface area contributed by atoms with Gasteiger partial charge >= 0.3 is 0 Å². The van der Waals surface area contributed by atoms with Gasteiger partial charge in [0.25, 0.3) is 0 Å². The molecule has 0 aliphatic heterocycles. The number of hydrogen-bond acceptors (Lipinski definition) is 2. The number of rotatable bonds is 4. The van der Waals surface area contributed by atoms with Gasteiger partial charge in [0.05, 0.1) is 7.11 Å². The molecular weight excluding hydrogens is 114 g/mol. The van der Waals surface area contributed by atoms with Gasteiger partial charge in [0, 0.05) is 13.1 Å². The number of hydrogen-bond donors (Lipinski definition) is 0. The Bertz CT molecular complexity index is 77.0. The molecule has 0 radical (unpaired) electrons. The zero-order valence-corrected chi connectivity index (χ0v) is 6.26. The Hall–Kier alpha value is -0.0800. The molecule has 0 unspecified atom stereocenters. The van der Waals surface area contributed by atoms with E-state index in [-0.39, 0.29) is 0 Å². The lowest BCUT2D eigenvalue weighted by atomic mass is 10.4. The smallest absolute Gasteiger partial charge is 0.0575 e. The molecule has 0 saturated heterocycles. The Kier molecular flexibility index (Phi) is 2.49. The fourth-order valence-electron chi connectivity index (χ4n) is 0.921. The molecule has 1 aliphatic carbocycles. The predicted octanol–water partition coefficient (Wildman–Crippen LogP) is 1.28. The summed E-state index contributed by atoms with van der Waals surface area (Å²) < 4.78 is 0. The Labute approximate surface area is 56.8 Å². The maximum Gasteiger partial charge on any atom is 0.0575 e. The second-order valence-corrected chi connectivity index (χ2v) is 2.61. The zero-order chi connectivity index (χ0) is 6.69. The van der Waals surface area contributed by atoms with Crippen molar-refractivity contribution in [2.24, 2.45) is 5.92 Å². The van der Waals surface area contributed by atoms with Crippen LogP contribution in [0, 0.1) is 5.92 Å². The van der Waals surface area contributed by atoms with E-state index in [1.807, 2.05) is 5.06 Å². The van der Waals surface area contributed by atoms with Gasteiger partial charge < -0.3 is 4.84 Å². The van der Waals surface area contributed by atoms with Gasteiger partial charge in [-0.05, 0) is 18.8 Å². The molecule has 9 heavy (non-hydrogen) atoms. The first kappa shape index (κ1) is 7.03. The summed E-state index contributed by atoms with van der Waals surface area (Å²) >= 11 is 0. The molecule has 1 aliphatic rings. The fourth-order valence-corrected chi connectivity index (χ4v) is 0.921. The van der Waals surface area contributed by atoms with E-state index in [4.69, 9.17) is 4.84 Å². The third-order valence-electron chi connectivity index (χ3n) is 1.77. The minimum Gasteiger partial charge on any atom is -0.302 e. The van der Waals surface area contributed by atoms with Crippen molar-refractivity contribution in [3.63, 3.8) is 0 Å². The van der Waals surface area contributed by atoms with Crippen LogP contribution in [0.25, 0.3) is 0 Å². The zero-order valence-electron chi connectivity index (χ0n) is 6.26. The van der Waals surface area contributed by atoms with Crippen molar-refractivity contribution in [3.05, 3.63) is 0 Å². The predicted molar refractivity (Wildman–Crippen MR) is 37.0 cm³/mol. The molecule has 1 rings (SSSR count). The minimum atomic E-state index is 0.935. The molecule has 1 fully saturated rings. The van der Waals surface area contributed by atoms with Crippen LogP contribution in [0.2, 0.25) is 0 Å². The first-order valence-electron chi connectivity index (χ1n) is 3.66. The quantitative estimate of drug-likeness (QED) is 0.530. The van der Waals surface area contributed by atoms with E-state index in [1.165, 1.54) is 12.8 Å². The lowest BCUT2D eigenvalue weighted by Gasteiger charge is -2.15. The second-order valence-electron chi connectivity index (χ2n) is 2.61. The molecule has 0 N–H and O–H groups in total. The minimum absolute atomic E-state index is 0.935. The maximum atomic E-state index is 5.08. The van der Waals surface area contributed by atoms with Crippen LogP contribution < -0.4 is 0 Å². The van der Waals surface area contributed by atoms with Crippen LogP contribution in [0.5, 0.6) is 0 Å². The Morgan fingerprint density at radius 2 is 2.22 bits per heavy atom. The average Bonchev–Trinajstić information content (AvgIpc) is 2.66. The molecule has 2 heteroatoms. The lowest BCUT2D eigenvalue weighted by Crippen LogP contribution is -2.24. The van der Waals surface area contributed by atoms with Crippen molar-refractivity contribution in [1.82, 2.24) is 5.06 Å². The summed E-state index contributed by atoms with van der Waals surface area (Å²) in [4.78, 5) is 5.08. The van der Waals surface area contributed by atoms with E-state index in [0.717, 1.165) is 19.0 Å². The highest BCUT2D eigenvalue weighted by molar-refractivity contribution is 4.74. The van der Waals surface area contributed by atoms with E-state index in [0.29, 0.717) is 0 Å². The Balaban J connectivity index is 2.05. The normalized spacial score (nSPS) is 19.0. The monoisotopic (exact) mass is 129 g/mol. The first-order valence-corrected chi connectivity index (χ1v) is 3.66. The van der Waals surface area contributed by atoms with Crippen molar-refractivity contribution >= 4 is 0 Å². The standard InChI is InChI=1S/C7H15NO/c1-3-8(9-2)6-7-4-5-7/h7H,3-6H2,1-2H3. The van der Waals surface area contributed by atoms with Crippen molar-refractivity contribution in [2.45, 2.75) is 19.8 Å². The van der Waals surface area contributed by atoms with Gasteiger partial charge in [0.15, 0.2) is 0 Å². The van der Waals surface area contributed by atoms with Crippen LogP contribution in [0.1, 0.15) is 19.8 Å². The Morgan fingerprint density at radius 1 is 1.56 bits per heavy atom. The molecule has 0 aromatic heterocycles. The van der Waals surface area contributed by atoms with Crippen LogP contribution in [0.3, 0.4) is 0 Å². The molecule has 0 aromatic rings. The van der Waals surface area contributed by atoms with Gasteiger partial charge in [-0.15, -0.1) is 0 Å². The average molecular weight is 129 g/mol. The molecule has 0 bridgehead atoms. The summed E-state index contributed by atoms with van der Waals surface area (Å²) in [6.07, 6.45) is 2.81. The van der Waals surface area contributed by atoms with E-state index in [9.17, 15) is 0 Å². The van der Waals surface area contributed by atoms with Crippen LogP contribution in [-0.2, 0) is 4.84 Å². The molecule has 0 spiro atoms. The van der Waals surface area contributed by atoms with E-state index in [1.54, 1.807) is 7.11 Å². The largest absolute Gasteiger partial charge is 0.302 e. The van der Waals surface area contributed by atoms with Gasteiger partial charge in [-0.3, -0.25) is 0 Å². The summed E-state index contributed by atoms with van der Waals surface area (Å²) in [5.41, 5.74) is 0. The lowest BCUT2D eigenvalue weighted by molar-refractivity contribution is -0.130. The van der Waals surface area contributed by atoms with E-state index >= 15 is 0 Å². The first-order chi connectivity index (χ1) is 4.36. The summed E-state index contributed by atoms with van der Waals surface area (Å²) in [7, 11) is 1.74. The van der Waals surface area contributed by atoms with Crippen molar-refractivity contribution in [2.75, 3.05) is 20.2 Å². The SMILES string of the molecule is CCN(CC1CC1)OC. The van der Waals surface area contributed by atoms with Gasteiger partial charge in [-0.25, -0.2) is 0 Å². The second kappa shape index (κ2) is 3.18. The number of nitrogens with zero attached hydrogens (tertiary/aromatic N) is 1. The Morgan fingerprint density at radius 3 is 2.56 bits per heavy atom. The highest BCUT2D eigenvalue weighted by Gasteiger charge is 2.23. The van der Waals surface area contributed by atoms with E-state index < -0.39 is 0 Å². The molecular formula is C7H15NO. The third kappa shape index (κ3) is 2.33. The summed E-state index contributed by atoms with van der Waals surface area (Å²) in [5.74, 6) is 0.935. The van der Waals surface area contributed by atoms with Crippen molar-refractivity contribution in [1.29, 1.82) is 0 Å². The molecule has 2 nitrogen and oxygen atoms in total. The molecule has 54 valence electrons. The van der Waals surface area contributed by atoms with Crippen LogP contribution in [0.4, 0.5) is 0 Å². The van der Waals surface area contributed by atoms with Crippen molar-refractivity contribution < 1.29 is 4.84 Å². The van der Waals surface area contributed by atoms with Crippen LogP contribution in [0.15, 0.2) is 0 Å². The fraction of sp³-hybridized carbons (Fsp3) is 1.00. The molecule has 0 heterocycles. The molecule has 1 saturated carbocycles. The maximum absolute atomic E-state index is 5.08. The summed E-state index contributed by atoms with van der Waals surface area (Å²) in [5, 5.41) is 2.01. The van der Waals surface area contributed by atoms with Crippen LogP contribution >= 0.6 is 0 Å². The van der Waals surface area contributed by atoms with Gasteiger partial charge in [-0.1, -0.05) is 6.92 Å². The highest BCUT2D eigenvalue weighted by Crippen LogP contribution is 2.29. The third-order valence-corrected chi connectivity index (χ3v) is 1.77. The van der Waals surface area contributed by atoms with Gasteiger partial charge in [0.2, 0.25) is 0 Å². The summed E-state index contributed by atoms with van der Waals surface area (Å²) in [6, 6.07) is 0. The van der Waals surface area contributed by atoms with Gasteiger partial charge in [-0.2, -0.15) is 5.06 Å². The van der Waals surface area contributed by atoms with Gasteiger partial charge in [0.1, 0.15) is 0 Å². The van der Waals surface area contributed by atoms with E-state index in [2.05, 4.69) is 6.92 Å².